The van der Waals surface area contributed by atoms with Gasteiger partial charge in [0.2, 0.25) is 0 Å². The molecule has 0 unspecified atom stereocenters. The van der Waals surface area contributed by atoms with Crippen LogP contribution in [0.15, 0.2) is 10.4 Å². The maximum absolute atomic E-state index is 12.0. The number of hydrogen-bond acceptors (Lipinski definition) is 5. The van der Waals surface area contributed by atoms with Gasteiger partial charge < -0.3 is 5.11 Å². The lowest BCUT2D eigenvalue weighted by Gasteiger charge is -2.31. The van der Waals surface area contributed by atoms with Gasteiger partial charge in [0.05, 0.1) is 16.8 Å². The van der Waals surface area contributed by atoms with Gasteiger partial charge in [0.1, 0.15) is 0 Å². The molecule has 0 aliphatic heterocycles. The Kier molecular flexibility index (Phi) is 4.05. The highest BCUT2D eigenvalue weighted by molar-refractivity contribution is 7.91. The third-order valence-corrected chi connectivity index (χ3v) is 6.02. The summed E-state index contributed by atoms with van der Waals surface area (Å²) in [6, 6.07) is 0. The van der Waals surface area contributed by atoms with Crippen molar-refractivity contribution in [2.75, 3.05) is 6.54 Å². The third-order valence-electron chi connectivity index (χ3n) is 3.24. The van der Waals surface area contributed by atoms with Gasteiger partial charge in [-0.2, -0.15) is 0 Å². The second-order valence-corrected chi connectivity index (χ2v) is 8.04. The number of nitrogens with zero attached hydrogens (tertiary/aromatic N) is 1. The highest BCUT2D eigenvalue weighted by Gasteiger charge is 2.31. The summed E-state index contributed by atoms with van der Waals surface area (Å²) in [5, 5.41) is 11.0. The van der Waals surface area contributed by atoms with Crippen LogP contribution >= 0.6 is 11.3 Å². The third kappa shape index (κ3) is 3.28. The molecule has 1 aromatic rings. The minimum Gasteiger partial charge on any atom is -0.389 e. The van der Waals surface area contributed by atoms with Gasteiger partial charge in [-0.3, -0.25) is 0 Å². The van der Waals surface area contributed by atoms with Crippen LogP contribution in [0.4, 0.5) is 0 Å². The summed E-state index contributed by atoms with van der Waals surface area (Å²) >= 11 is 1.14. The first-order valence-corrected chi connectivity index (χ1v) is 8.36. The summed E-state index contributed by atoms with van der Waals surface area (Å²) in [5.74, 6) is 0. The molecule has 1 aliphatic carbocycles. The lowest BCUT2D eigenvalue weighted by molar-refractivity contribution is 0.00946. The Labute approximate surface area is 111 Å². The van der Waals surface area contributed by atoms with Gasteiger partial charge in [-0.15, -0.1) is 11.3 Å². The molecule has 18 heavy (non-hydrogen) atoms. The molecule has 0 aromatic carbocycles. The number of aromatic nitrogens is 1. The minimum atomic E-state index is -3.53. The van der Waals surface area contributed by atoms with Gasteiger partial charge >= 0.3 is 0 Å². The van der Waals surface area contributed by atoms with Crippen LogP contribution in [0, 0.1) is 6.92 Å². The Bertz CT molecular complexity index is 504. The predicted molar refractivity (Wildman–Crippen MR) is 70.1 cm³/mol. The Morgan fingerprint density at radius 1 is 1.44 bits per heavy atom. The zero-order valence-electron chi connectivity index (χ0n) is 10.3. The van der Waals surface area contributed by atoms with Crippen LogP contribution in [0.1, 0.15) is 37.1 Å². The number of aliphatic hydroxyl groups is 1. The highest BCUT2D eigenvalue weighted by Crippen LogP contribution is 2.28. The Balaban J connectivity index is 2.01. The van der Waals surface area contributed by atoms with Crippen LogP contribution in [0.2, 0.25) is 0 Å². The number of rotatable bonds is 4. The quantitative estimate of drug-likeness (QED) is 0.879. The van der Waals surface area contributed by atoms with Crippen molar-refractivity contribution < 1.29 is 13.5 Å². The topological polar surface area (TPSA) is 79.3 Å². The molecule has 1 fully saturated rings. The molecule has 102 valence electrons. The van der Waals surface area contributed by atoms with E-state index >= 15 is 0 Å². The van der Waals surface area contributed by atoms with Crippen molar-refractivity contribution >= 4 is 21.4 Å². The van der Waals surface area contributed by atoms with Crippen molar-refractivity contribution in [1.29, 1.82) is 0 Å². The van der Waals surface area contributed by atoms with Crippen molar-refractivity contribution in [2.24, 2.45) is 0 Å². The van der Waals surface area contributed by atoms with Gasteiger partial charge in [0.15, 0.2) is 4.21 Å². The Morgan fingerprint density at radius 2 is 2.11 bits per heavy atom. The summed E-state index contributed by atoms with van der Waals surface area (Å²) in [5.41, 5.74) is -0.884. The van der Waals surface area contributed by atoms with Gasteiger partial charge in [0, 0.05) is 6.54 Å². The summed E-state index contributed by atoms with van der Waals surface area (Å²) in [7, 11) is -3.53. The maximum atomic E-state index is 12.0. The van der Waals surface area contributed by atoms with Crippen molar-refractivity contribution in [3.05, 3.63) is 11.2 Å². The molecule has 1 aromatic heterocycles. The molecule has 5 nitrogen and oxygen atoms in total. The van der Waals surface area contributed by atoms with Gasteiger partial charge in [0.25, 0.3) is 10.0 Å². The highest BCUT2D eigenvalue weighted by atomic mass is 32.2. The monoisotopic (exact) mass is 290 g/mol. The van der Waals surface area contributed by atoms with Crippen LogP contribution < -0.4 is 4.72 Å². The zero-order chi connectivity index (χ0) is 13.2. The van der Waals surface area contributed by atoms with Crippen LogP contribution in [-0.4, -0.2) is 30.7 Å². The molecule has 0 saturated heterocycles. The molecule has 2 N–H and O–H groups in total. The van der Waals surface area contributed by atoms with E-state index in [4.69, 9.17) is 0 Å². The van der Waals surface area contributed by atoms with Crippen molar-refractivity contribution in [2.45, 2.75) is 48.8 Å². The first kappa shape index (κ1) is 13.9. The molecule has 7 heteroatoms. The molecule has 0 amide bonds. The van der Waals surface area contributed by atoms with E-state index in [1.54, 1.807) is 6.92 Å². The molecule has 0 radical (unpaired) electrons. The van der Waals surface area contributed by atoms with Gasteiger partial charge in [-0.25, -0.2) is 18.1 Å². The number of sulfonamides is 1. The second kappa shape index (κ2) is 5.24. The standard InChI is InChI=1S/C11H18N2O3S2/c1-9-12-7-10(17-9)18(15,16)13-8-11(14)5-3-2-4-6-11/h7,13-14H,2-6,8H2,1H3. The van der Waals surface area contributed by atoms with Gasteiger partial charge in [-0.05, 0) is 19.8 Å². The number of aryl methyl sites for hydroxylation is 1. The molecule has 1 saturated carbocycles. The summed E-state index contributed by atoms with van der Waals surface area (Å²) in [6.07, 6.45) is 5.71. The fourth-order valence-electron chi connectivity index (χ4n) is 2.15. The largest absolute Gasteiger partial charge is 0.389 e. The molecule has 1 aliphatic rings. The Morgan fingerprint density at radius 3 is 2.67 bits per heavy atom. The van der Waals surface area contributed by atoms with Crippen molar-refractivity contribution in [1.82, 2.24) is 9.71 Å². The van der Waals surface area contributed by atoms with E-state index in [-0.39, 0.29) is 10.8 Å². The number of nitrogens with one attached hydrogen (secondary N) is 1. The van der Waals surface area contributed by atoms with Crippen LogP contribution in [0.3, 0.4) is 0 Å². The summed E-state index contributed by atoms with van der Waals surface area (Å²) in [6.45, 7) is 1.85. The zero-order valence-corrected chi connectivity index (χ0v) is 12.0. The minimum absolute atomic E-state index is 0.0896. The van der Waals surface area contributed by atoms with E-state index < -0.39 is 15.6 Å². The normalized spacial score (nSPS) is 19.9. The van der Waals surface area contributed by atoms with Crippen LogP contribution in [-0.2, 0) is 10.0 Å². The molecule has 0 bridgehead atoms. The lowest BCUT2D eigenvalue weighted by Crippen LogP contribution is -2.44. The molecule has 0 atom stereocenters. The first-order chi connectivity index (χ1) is 8.41. The summed E-state index contributed by atoms with van der Waals surface area (Å²) < 4.78 is 26.7. The maximum Gasteiger partial charge on any atom is 0.251 e. The first-order valence-electron chi connectivity index (χ1n) is 6.06. The fourth-order valence-corrected chi connectivity index (χ4v) is 4.43. The van der Waals surface area contributed by atoms with Crippen molar-refractivity contribution in [3.8, 4) is 0 Å². The van der Waals surface area contributed by atoms with E-state index in [1.807, 2.05) is 0 Å². The molecular weight excluding hydrogens is 272 g/mol. The average molecular weight is 290 g/mol. The van der Waals surface area contributed by atoms with Crippen LogP contribution in [0.5, 0.6) is 0 Å². The van der Waals surface area contributed by atoms with Crippen LogP contribution in [0.25, 0.3) is 0 Å². The number of hydrogen-bond donors (Lipinski definition) is 2. The van der Waals surface area contributed by atoms with E-state index in [0.29, 0.717) is 17.8 Å². The van der Waals surface area contributed by atoms with E-state index in [2.05, 4.69) is 9.71 Å². The summed E-state index contributed by atoms with van der Waals surface area (Å²) in [4.78, 5) is 3.93. The van der Waals surface area contributed by atoms with E-state index in [0.717, 1.165) is 30.6 Å². The number of thiazole rings is 1. The SMILES string of the molecule is Cc1ncc(S(=O)(=O)NCC2(O)CCCCC2)s1. The molecular formula is C11H18N2O3S2. The predicted octanol–water partition coefficient (Wildman–Crippen LogP) is 1.43. The molecule has 0 spiro atoms. The van der Waals surface area contributed by atoms with Crippen molar-refractivity contribution in [3.63, 3.8) is 0 Å². The fraction of sp³-hybridized carbons (Fsp3) is 0.727. The molecule has 2 rings (SSSR count). The second-order valence-electron chi connectivity index (χ2n) is 4.81. The average Bonchev–Trinajstić information content (AvgIpc) is 2.76. The van der Waals surface area contributed by atoms with E-state index in [9.17, 15) is 13.5 Å². The lowest BCUT2D eigenvalue weighted by atomic mass is 9.85. The smallest absolute Gasteiger partial charge is 0.251 e. The molecule has 1 heterocycles. The Hall–Kier alpha value is -0.500. The van der Waals surface area contributed by atoms with E-state index in [1.165, 1.54) is 6.20 Å². The van der Waals surface area contributed by atoms with Gasteiger partial charge in [-0.1, -0.05) is 19.3 Å².